The summed E-state index contributed by atoms with van der Waals surface area (Å²) in [6.07, 6.45) is 0. The summed E-state index contributed by atoms with van der Waals surface area (Å²) in [4.78, 5) is 0. The Morgan fingerprint density at radius 1 is 0.812 bits per heavy atom. The Bertz CT molecular complexity index is 379. The van der Waals surface area contributed by atoms with E-state index in [1.807, 2.05) is 0 Å². The Labute approximate surface area is 140 Å². The Balaban J connectivity index is 0. The summed E-state index contributed by atoms with van der Waals surface area (Å²) >= 11 is 28.5. The van der Waals surface area contributed by atoms with E-state index in [1.165, 1.54) is 0 Å². The quantitative estimate of drug-likeness (QED) is 0.468. The van der Waals surface area contributed by atoms with Gasteiger partial charge < -0.3 is 16.1 Å². The first-order valence-corrected chi connectivity index (χ1v) is 5.29. The van der Waals surface area contributed by atoms with Crippen molar-refractivity contribution in [3.8, 4) is 5.75 Å². The zero-order chi connectivity index (χ0) is 11.7. The molecule has 0 fully saturated rings. The van der Waals surface area contributed by atoms with E-state index in [9.17, 15) is 0 Å². The fourth-order valence-electron chi connectivity index (χ4n) is 0.794. The molecule has 1 aromatic rings. The van der Waals surface area contributed by atoms with Gasteiger partial charge in [-0.2, -0.15) is 0 Å². The molecular formula is C6H3BCl5NaO3. The van der Waals surface area contributed by atoms with Crippen LogP contribution in [0.25, 0.3) is 0 Å². The van der Waals surface area contributed by atoms with Crippen LogP contribution in [0.5, 0.6) is 5.75 Å². The van der Waals surface area contributed by atoms with Crippen LogP contribution in [0.2, 0.25) is 25.1 Å². The van der Waals surface area contributed by atoms with Crippen molar-refractivity contribution in [2.24, 2.45) is 0 Å². The van der Waals surface area contributed by atoms with Crippen LogP contribution in [0.15, 0.2) is 0 Å². The van der Waals surface area contributed by atoms with Gasteiger partial charge in [0.15, 0.2) is 0 Å². The van der Waals surface area contributed by atoms with Crippen LogP contribution in [0.4, 0.5) is 0 Å². The standard InChI is InChI=1S/C6H2BCl5O3.Na.H/c8-1-2(9)4(11)6(15-7(13)14)5(12)3(1)10;;/h13-14H;;/q;+1;-1. The molecule has 1 aromatic carbocycles. The molecule has 2 N–H and O–H groups in total. The maximum absolute atomic E-state index is 8.60. The maximum atomic E-state index is 8.60. The molecule has 0 aromatic heterocycles. The van der Waals surface area contributed by atoms with Crippen molar-refractivity contribution in [1.82, 2.24) is 0 Å². The molecule has 0 saturated heterocycles. The van der Waals surface area contributed by atoms with E-state index in [4.69, 9.17) is 68.1 Å². The molecule has 0 bridgehead atoms. The first-order chi connectivity index (χ1) is 6.86. The molecule has 0 radical (unpaired) electrons. The Morgan fingerprint density at radius 2 is 1.12 bits per heavy atom. The summed E-state index contributed by atoms with van der Waals surface area (Å²) in [5, 5.41) is 16.7. The van der Waals surface area contributed by atoms with Gasteiger partial charge in [-0.15, -0.1) is 0 Å². The average molecular weight is 334 g/mol. The number of halogens is 5. The Kier molecular flexibility index (Phi) is 7.79. The van der Waals surface area contributed by atoms with Crippen LogP contribution in [0.3, 0.4) is 0 Å². The molecule has 0 spiro atoms. The largest absolute Gasteiger partial charge is 1.00 e. The van der Waals surface area contributed by atoms with Crippen LogP contribution in [0, 0.1) is 0 Å². The fourth-order valence-corrected chi connectivity index (χ4v) is 2.00. The van der Waals surface area contributed by atoms with Gasteiger partial charge in [0.2, 0.25) is 0 Å². The zero-order valence-corrected chi connectivity index (χ0v) is 13.5. The Morgan fingerprint density at radius 3 is 1.44 bits per heavy atom. The minimum Gasteiger partial charge on any atom is -1.00 e. The molecule has 0 heterocycles. The second-order valence-corrected chi connectivity index (χ2v) is 4.23. The molecule has 84 valence electrons. The van der Waals surface area contributed by atoms with Crippen molar-refractivity contribution < 1.29 is 45.7 Å². The summed E-state index contributed by atoms with van der Waals surface area (Å²) in [7, 11) is -2.09. The number of hydrogen-bond donors (Lipinski definition) is 2. The van der Waals surface area contributed by atoms with Gasteiger partial charge in [-0.25, -0.2) is 0 Å². The monoisotopic (exact) mass is 332 g/mol. The topological polar surface area (TPSA) is 49.7 Å². The van der Waals surface area contributed by atoms with Crippen LogP contribution in [0.1, 0.15) is 1.43 Å². The molecule has 16 heavy (non-hydrogen) atoms. The number of benzene rings is 1. The molecule has 10 heteroatoms. The van der Waals surface area contributed by atoms with E-state index in [2.05, 4.69) is 4.65 Å². The van der Waals surface area contributed by atoms with Gasteiger partial charge in [0, 0.05) is 0 Å². The minimum absolute atomic E-state index is 0. The van der Waals surface area contributed by atoms with E-state index in [-0.39, 0.29) is 61.8 Å². The van der Waals surface area contributed by atoms with Crippen LogP contribution in [-0.2, 0) is 0 Å². The van der Waals surface area contributed by atoms with Crippen LogP contribution >= 0.6 is 58.0 Å². The number of hydrogen-bond acceptors (Lipinski definition) is 3. The first-order valence-electron chi connectivity index (χ1n) is 3.40. The summed E-state index contributed by atoms with van der Waals surface area (Å²) in [6, 6.07) is 0. The third kappa shape index (κ3) is 3.72. The molecule has 0 amide bonds. The molecule has 0 aliphatic carbocycles. The van der Waals surface area contributed by atoms with Gasteiger partial charge in [0.05, 0.1) is 15.1 Å². The molecule has 1 rings (SSSR count). The number of rotatable bonds is 2. The molecule has 0 aliphatic rings. The fraction of sp³-hybridized carbons (Fsp3) is 0. The molecule has 0 aliphatic heterocycles. The van der Waals surface area contributed by atoms with Crippen molar-refractivity contribution >= 4 is 65.3 Å². The van der Waals surface area contributed by atoms with Crippen LogP contribution in [-0.4, -0.2) is 17.4 Å². The predicted octanol–water partition coefficient (Wildman–Crippen LogP) is 0.418. The van der Waals surface area contributed by atoms with Crippen LogP contribution < -0.4 is 34.2 Å². The molecule has 0 unspecified atom stereocenters. The van der Waals surface area contributed by atoms with Crippen molar-refractivity contribution in [1.29, 1.82) is 0 Å². The molecular weight excluding hydrogens is 331 g/mol. The van der Waals surface area contributed by atoms with E-state index in [0.29, 0.717) is 0 Å². The van der Waals surface area contributed by atoms with Gasteiger partial charge in [-0.1, -0.05) is 58.0 Å². The SMILES string of the molecule is OB(O)Oc1c(Cl)c(Cl)c(Cl)c(Cl)c1Cl.[H-].[Na+]. The Hall–Kier alpha value is 1.45. The van der Waals surface area contributed by atoms with E-state index < -0.39 is 7.32 Å². The van der Waals surface area contributed by atoms with Crippen molar-refractivity contribution in [3.05, 3.63) is 25.1 Å². The predicted molar refractivity (Wildman–Crippen MR) is 63.4 cm³/mol. The third-order valence-corrected chi connectivity index (χ3v) is 3.63. The summed E-state index contributed by atoms with van der Waals surface area (Å²) in [5.74, 6) is -0.243. The molecule has 0 saturated carbocycles. The maximum Gasteiger partial charge on any atom is 1.00 e. The molecule has 3 nitrogen and oxygen atoms in total. The van der Waals surface area contributed by atoms with Crippen molar-refractivity contribution in [2.75, 3.05) is 0 Å². The van der Waals surface area contributed by atoms with E-state index >= 15 is 0 Å². The van der Waals surface area contributed by atoms with Gasteiger partial charge in [-0.05, 0) is 0 Å². The zero-order valence-electron chi connectivity index (χ0n) is 8.77. The van der Waals surface area contributed by atoms with Crippen molar-refractivity contribution in [2.45, 2.75) is 0 Å². The second kappa shape index (κ2) is 7.14. The normalized spacial score (nSPS) is 9.69. The van der Waals surface area contributed by atoms with E-state index in [0.717, 1.165) is 0 Å². The third-order valence-electron chi connectivity index (χ3n) is 1.39. The smallest absolute Gasteiger partial charge is 1.00 e. The second-order valence-electron chi connectivity index (χ2n) is 2.34. The van der Waals surface area contributed by atoms with E-state index in [1.54, 1.807) is 0 Å². The van der Waals surface area contributed by atoms with Gasteiger partial charge >= 0.3 is 36.9 Å². The first kappa shape index (κ1) is 17.5. The summed E-state index contributed by atoms with van der Waals surface area (Å²) in [6.45, 7) is 0. The average Bonchev–Trinajstić information content (AvgIpc) is 2.18. The van der Waals surface area contributed by atoms with Crippen molar-refractivity contribution in [3.63, 3.8) is 0 Å². The van der Waals surface area contributed by atoms with Gasteiger partial charge in [0.1, 0.15) is 15.8 Å². The summed E-state index contributed by atoms with van der Waals surface area (Å²) in [5.41, 5.74) is 0. The molecule has 0 atom stereocenters. The summed E-state index contributed by atoms with van der Waals surface area (Å²) < 4.78 is 4.51. The van der Waals surface area contributed by atoms with Gasteiger partial charge in [-0.3, -0.25) is 0 Å². The van der Waals surface area contributed by atoms with Gasteiger partial charge in [0.25, 0.3) is 0 Å². The minimum atomic E-state index is -2.09.